The molecular formula is C10H19NO2. The van der Waals surface area contributed by atoms with E-state index in [0.717, 1.165) is 25.7 Å². The van der Waals surface area contributed by atoms with Crippen LogP contribution in [-0.2, 0) is 9.53 Å². The van der Waals surface area contributed by atoms with Crippen LogP contribution in [0.15, 0.2) is 0 Å². The van der Waals surface area contributed by atoms with Crippen LogP contribution >= 0.6 is 0 Å². The molecule has 3 heteroatoms. The van der Waals surface area contributed by atoms with Gasteiger partial charge in [-0.05, 0) is 31.7 Å². The fourth-order valence-corrected chi connectivity index (χ4v) is 1.94. The Morgan fingerprint density at radius 2 is 2.31 bits per heavy atom. The van der Waals surface area contributed by atoms with Gasteiger partial charge >= 0.3 is 5.97 Å². The van der Waals surface area contributed by atoms with Crippen molar-refractivity contribution in [3.8, 4) is 0 Å². The maximum Gasteiger partial charge on any atom is 0.309 e. The van der Waals surface area contributed by atoms with Crippen molar-refractivity contribution in [3.63, 3.8) is 0 Å². The van der Waals surface area contributed by atoms with Crippen molar-refractivity contribution in [1.82, 2.24) is 0 Å². The van der Waals surface area contributed by atoms with Gasteiger partial charge in [0.2, 0.25) is 0 Å². The number of ether oxygens (including phenoxy) is 1. The number of rotatable bonds is 4. The van der Waals surface area contributed by atoms with Gasteiger partial charge in [-0.1, -0.05) is 13.3 Å². The summed E-state index contributed by atoms with van der Waals surface area (Å²) in [5.41, 5.74) is 5.58. The molecule has 13 heavy (non-hydrogen) atoms. The molecule has 1 aliphatic rings. The van der Waals surface area contributed by atoms with Gasteiger partial charge in [0.05, 0.1) is 12.5 Å². The second kappa shape index (κ2) is 5.22. The first-order valence-electron chi connectivity index (χ1n) is 5.16. The lowest BCUT2D eigenvalue weighted by Crippen LogP contribution is -2.26. The quantitative estimate of drug-likeness (QED) is 0.672. The monoisotopic (exact) mass is 185 g/mol. The molecule has 0 aromatic rings. The summed E-state index contributed by atoms with van der Waals surface area (Å²) in [7, 11) is 0. The molecule has 1 aliphatic carbocycles. The molecule has 0 aromatic heterocycles. The zero-order chi connectivity index (χ0) is 9.68. The van der Waals surface area contributed by atoms with Gasteiger partial charge in [0.15, 0.2) is 0 Å². The van der Waals surface area contributed by atoms with Crippen molar-refractivity contribution in [1.29, 1.82) is 0 Å². The summed E-state index contributed by atoms with van der Waals surface area (Å²) < 4.78 is 5.11. The molecule has 0 radical (unpaired) electrons. The van der Waals surface area contributed by atoms with E-state index in [-0.39, 0.29) is 11.9 Å². The molecule has 1 fully saturated rings. The van der Waals surface area contributed by atoms with Crippen molar-refractivity contribution >= 4 is 5.97 Å². The van der Waals surface area contributed by atoms with E-state index in [4.69, 9.17) is 10.5 Å². The Hall–Kier alpha value is -0.570. The molecule has 1 saturated carbocycles. The smallest absolute Gasteiger partial charge is 0.309 e. The fourth-order valence-electron chi connectivity index (χ4n) is 1.94. The Bertz CT molecular complexity index is 170. The van der Waals surface area contributed by atoms with E-state index in [9.17, 15) is 4.79 Å². The molecular weight excluding hydrogens is 166 g/mol. The van der Waals surface area contributed by atoms with Gasteiger partial charge in [-0.2, -0.15) is 0 Å². The van der Waals surface area contributed by atoms with E-state index in [1.165, 1.54) is 0 Å². The molecule has 3 nitrogen and oxygen atoms in total. The van der Waals surface area contributed by atoms with E-state index in [0.29, 0.717) is 19.1 Å². The predicted molar refractivity (Wildman–Crippen MR) is 51.1 cm³/mol. The van der Waals surface area contributed by atoms with Gasteiger partial charge < -0.3 is 10.5 Å². The number of hydrogen-bond acceptors (Lipinski definition) is 3. The van der Waals surface area contributed by atoms with Crippen LogP contribution < -0.4 is 5.73 Å². The minimum absolute atomic E-state index is 0.0326. The molecule has 2 atom stereocenters. The summed E-state index contributed by atoms with van der Waals surface area (Å²) in [5.74, 6) is 0.413. The molecule has 0 spiro atoms. The third-order valence-corrected chi connectivity index (χ3v) is 2.71. The lowest BCUT2D eigenvalue weighted by atomic mass is 9.96. The van der Waals surface area contributed by atoms with Gasteiger partial charge in [-0.15, -0.1) is 0 Å². The fraction of sp³-hybridized carbons (Fsp3) is 0.900. The average molecular weight is 185 g/mol. The van der Waals surface area contributed by atoms with Crippen LogP contribution in [0.1, 0.15) is 32.6 Å². The zero-order valence-electron chi connectivity index (χ0n) is 8.29. The molecule has 2 unspecified atom stereocenters. The molecule has 76 valence electrons. The van der Waals surface area contributed by atoms with Crippen LogP contribution in [0, 0.1) is 11.8 Å². The first-order chi connectivity index (χ1) is 6.29. The van der Waals surface area contributed by atoms with Crippen LogP contribution in [0.2, 0.25) is 0 Å². The molecule has 2 N–H and O–H groups in total. The highest BCUT2D eigenvalue weighted by Gasteiger charge is 2.32. The summed E-state index contributed by atoms with van der Waals surface area (Å²) in [6.07, 6.45) is 4.06. The summed E-state index contributed by atoms with van der Waals surface area (Å²) in [4.78, 5) is 11.5. The van der Waals surface area contributed by atoms with E-state index < -0.39 is 0 Å². The Labute approximate surface area is 79.6 Å². The van der Waals surface area contributed by atoms with Crippen molar-refractivity contribution in [2.45, 2.75) is 32.6 Å². The molecule has 0 heterocycles. The third-order valence-electron chi connectivity index (χ3n) is 2.71. The maximum atomic E-state index is 11.5. The highest BCUT2D eigenvalue weighted by molar-refractivity contribution is 5.73. The molecule has 0 saturated heterocycles. The SMILES string of the molecule is CCCOC(=O)C1CCCC1CN. The van der Waals surface area contributed by atoms with E-state index >= 15 is 0 Å². The number of nitrogens with two attached hydrogens (primary N) is 1. The lowest BCUT2D eigenvalue weighted by Gasteiger charge is -2.15. The van der Waals surface area contributed by atoms with E-state index in [1.807, 2.05) is 6.92 Å². The number of carbonyl (C=O) groups is 1. The molecule has 0 aliphatic heterocycles. The molecule has 0 aromatic carbocycles. The Morgan fingerprint density at radius 1 is 1.54 bits per heavy atom. The molecule has 0 amide bonds. The van der Waals surface area contributed by atoms with Gasteiger partial charge in [-0.25, -0.2) is 0 Å². The topological polar surface area (TPSA) is 52.3 Å². The van der Waals surface area contributed by atoms with E-state index in [2.05, 4.69) is 0 Å². The first kappa shape index (κ1) is 10.5. The lowest BCUT2D eigenvalue weighted by molar-refractivity contribution is -0.149. The van der Waals surface area contributed by atoms with Gasteiger partial charge in [0, 0.05) is 0 Å². The summed E-state index contributed by atoms with van der Waals surface area (Å²) >= 11 is 0. The average Bonchev–Trinajstić information content (AvgIpc) is 2.61. The van der Waals surface area contributed by atoms with Gasteiger partial charge in [0.1, 0.15) is 0 Å². The van der Waals surface area contributed by atoms with Gasteiger partial charge in [0.25, 0.3) is 0 Å². The minimum Gasteiger partial charge on any atom is -0.465 e. The standard InChI is InChI=1S/C10H19NO2/c1-2-6-13-10(12)9-5-3-4-8(9)7-11/h8-9H,2-7,11H2,1H3. The molecule has 0 bridgehead atoms. The van der Waals surface area contributed by atoms with Crippen molar-refractivity contribution in [2.75, 3.05) is 13.2 Å². The first-order valence-corrected chi connectivity index (χ1v) is 5.16. The van der Waals surface area contributed by atoms with Crippen LogP contribution in [-0.4, -0.2) is 19.1 Å². The number of carbonyl (C=O) groups excluding carboxylic acids is 1. The van der Waals surface area contributed by atoms with Crippen LogP contribution in [0.25, 0.3) is 0 Å². The largest absolute Gasteiger partial charge is 0.465 e. The third kappa shape index (κ3) is 2.69. The highest BCUT2D eigenvalue weighted by Crippen LogP contribution is 2.31. The Morgan fingerprint density at radius 3 is 2.92 bits per heavy atom. The predicted octanol–water partition coefficient (Wildman–Crippen LogP) is 1.31. The van der Waals surface area contributed by atoms with Crippen molar-refractivity contribution in [3.05, 3.63) is 0 Å². The second-order valence-corrected chi connectivity index (χ2v) is 3.70. The second-order valence-electron chi connectivity index (χ2n) is 3.70. The summed E-state index contributed by atoms with van der Waals surface area (Å²) in [6.45, 7) is 3.17. The minimum atomic E-state index is -0.0326. The van der Waals surface area contributed by atoms with Gasteiger partial charge in [-0.3, -0.25) is 4.79 Å². The van der Waals surface area contributed by atoms with E-state index in [1.54, 1.807) is 0 Å². The number of esters is 1. The zero-order valence-corrected chi connectivity index (χ0v) is 8.29. The Kier molecular flexibility index (Phi) is 4.22. The summed E-state index contributed by atoms with van der Waals surface area (Å²) in [5, 5.41) is 0. The van der Waals surface area contributed by atoms with Crippen molar-refractivity contribution in [2.24, 2.45) is 17.6 Å². The molecule has 1 rings (SSSR count). The van der Waals surface area contributed by atoms with Crippen LogP contribution in [0.5, 0.6) is 0 Å². The summed E-state index contributed by atoms with van der Waals surface area (Å²) in [6, 6.07) is 0. The van der Waals surface area contributed by atoms with Crippen LogP contribution in [0.4, 0.5) is 0 Å². The van der Waals surface area contributed by atoms with Crippen LogP contribution in [0.3, 0.4) is 0 Å². The Balaban J connectivity index is 2.36. The maximum absolute atomic E-state index is 11.5. The highest BCUT2D eigenvalue weighted by atomic mass is 16.5. The normalized spacial score (nSPS) is 27.5. The van der Waals surface area contributed by atoms with Crippen molar-refractivity contribution < 1.29 is 9.53 Å². The number of hydrogen-bond donors (Lipinski definition) is 1.